The molecule has 0 saturated heterocycles. The van der Waals surface area contributed by atoms with Gasteiger partial charge in [0.2, 0.25) is 0 Å². The van der Waals surface area contributed by atoms with E-state index in [1.165, 1.54) is 6.07 Å². The van der Waals surface area contributed by atoms with E-state index < -0.39 is 0 Å². The minimum atomic E-state index is -0.239. The van der Waals surface area contributed by atoms with E-state index >= 15 is 0 Å². The quantitative estimate of drug-likeness (QED) is 0.807. The number of para-hydroxylation sites is 1. The molecule has 0 fully saturated rings. The molecular formula is C13H20FNO. The van der Waals surface area contributed by atoms with Gasteiger partial charge in [0.05, 0.1) is 12.3 Å². The highest BCUT2D eigenvalue weighted by molar-refractivity contribution is 5.51. The molecule has 3 heteroatoms. The molecule has 0 aliphatic rings. The van der Waals surface area contributed by atoms with Crippen LogP contribution in [0.5, 0.6) is 0 Å². The maximum absolute atomic E-state index is 13.5. The fourth-order valence-corrected chi connectivity index (χ4v) is 1.45. The number of rotatable bonds is 5. The Morgan fingerprint density at radius 3 is 2.62 bits per heavy atom. The van der Waals surface area contributed by atoms with Crippen LogP contribution >= 0.6 is 0 Å². The predicted octanol–water partition coefficient (Wildman–Crippen LogP) is 2.95. The van der Waals surface area contributed by atoms with Gasteiger partial charge in [0.25, 0.3) is 0 Å². The van der Waals surface area contributed by atoms with Crippen LogP contribution < -0.4 is 5.32 Å². The molecule has 0 radical (unpaired) electrons. The average Bonchev–Trinajstić information content (AvgIpc) is 2.28. The van der Waals surface area contributed by atoms with Gasteiger partial charge in [-0.15, -0.1) is 0 Å². The van der Waals surface area contributed by atoms with Crippen molar-refractivity contribution in [2.75, 3.05) is 18.5 Å². The van der Waals surface area contributed by atoms with E-state index in [1.807, 2.05) is 26.8 Å². The Balaban J connectivity index is 2.75. The molecule has 1 aromatic rings. The third-order valence-corrected chi connectivity index (χ3v) is 3.15. The fourth-order valence-electron chi connectivity index (χ4n) is 1.45. The van der Waals surface area contributed by atoms with E-state index in [0.29, 0.717) is 12.2 Å². The van der Waals surface area contributed by atoms with Crippen LogP contribution in [0.4, 0.5) is 10.1 Å². The van der Waals surface area contributed by atoms with Crippen LogP contribution in [0.15, 0.2) is 18.2 Å². The van der Waals surface area contributed by atoms with Gasteiger partial charge in [-0.1, -0.05) is 26.0 Å². The van der Waals surface area contributed by atoms with Gasteiger partial charge in [-0.25, -0.2) is 4.39 Å². The lowest BCUT2D eigenvalue weighted by Crippen LogP contribution is -2.30. The number of benzene rings is 1. The summed E-state index contributed by atoms with van der Waals surface area (Å²) in [6, 6.07) is 5.01. The molecule has 1 rings (SSSR count). The van der Waals surface area contributed by atoms with Crippen molar-refractivity contribution in [3.8, 4) is 0 Å². The van der Waals surface area contributed by atoms with Gasteiger partial charge in [-0.3, -0.25) is 0 Å². The second kappa shape index (κ2) is 5.30. The molecule has 0 aromatic heterocycles. The van der Waals surface area contributed by atoms with Crippen LogP contribution in [0.25, 0.3) is 0 Å². The predicted molar refractivity (Wildman–Crippen MR) is 65.1 cm³/mol. The normalized spacial score (nSPS) is 14.6. The molecular weight excluding hydrogens is 205 g/mol. The third kappa shape index (κ3) is 2.95. The Morgan fingerprint density at radius 2 is 2.12 bits per heavy atom. The van der Waals surface area contributed by atoms with E-state index in [4.69, 9.17) is 0 Å². The van der Waals surface area contributed by atoms with Gasteiger partial charge in [0.1, 0.15) is 5.82 Å². The molecule has 16 heavy (non-hydrogen) atoms. The first kappa shape index (κ1) is 13.0. The van der Waals surface area contributed by atoms with Crippen molar-refractivity contribution in [3.05, 3.63) is 29.6 Å². The molecule has 2 N–H and O–H groups in total. The lowest BCUT2D eigenvalue weighted by atomic mass is 9.88. The van der Waals surface area contributed by atoms with E-state index in [1.54, 1.807) is 6.07 Å². The second-order valence-corrected chi connectivity index (χ2v) is 4.61. The summed E-state index contributed by atoms with van der Waals surface area (Å²) in [5, 5.41) is 12.4. The van der Waals surface area contributed by atoms with Crippen molar-refractivity contribution in [2.45, 2.75) is 27.2 Å². The lowest BCUT2D eigenvalue weighted by molar-refractivity contribution is 0.149. The number of aliphatic hydroxyl groups is 1. The Labute approximate surface area is 96.5 Å². The summed E-state index contributed by atoms with van der Waals surface area (Å²) in [6.45, 7) is 6.54. The van der Waals surface area contributed by atoms with Gasteiger partial charge < -0.3 is 10.4 Å². The summed E-state index contributed by atoms with van der Waals surface area (Å²) in [6.07, 6.45) is 0.851. The minimum Gasteiger partial charge on any atom is -0.396 e. The maximum atomic E-state index is 13.5. The molecule has 1 unspecified atom stereocenters. The monoisotopic (exact) mass is 225 g/mol. The van der Waals surface area contributed by atoms with E-state index in [2.05, 4.69) is 5.32 Å². The van der Waals surface area contributed by atoms with Crippen LogP contribution in [-0.4, -0.2) is 18.3 Å². The Morgan fingerprint density at radius 1 is 1.44 bits per heavy atom. The SMILES string of the molecule is CCC(C)(CO)CNc1c(C)cccc1F. The van der Waals surface area contributed by atoms with Crippen LogP contribution in [0.1, 0.15) is 25.8 Å². The van der Waals surface area contributed by atoms with Gasteiger partial charge in [-0.2, -0.15) is 0 Å². The average molecular weight is 225 g/mol. The number of halogens is 1. The van der Waals surface area contributed by atoms with Crippen molar-refractivity contribution in [2.24, 2.45) is 5.41 Å². The highest BCUT2D eigenvalue weighted by atomic mass is 19.1. The summed E-state index contributed by atoms with van der Waals surface area (Å²) in [4.78, 5) is 0. The van der Waals surface area contributed by atoms with Gasteiger partial charge in [0.15, 0.2) is 0 Å². The summed E-state index contributed by atoms with van der Waals surface area (Å²) >= 11 is 0. The van der Waals surface area contributed by atoms with E-state index in [9.17, 15) is 9.50 Å². The maximum Gasteiger partial charge on any atom is 0.146 e. The Kier molecular flexibility index (Phi) is 4.30. The van der Waals surface area contributed by atoms with Crippen molar-refractivity contribution in [1.82, 2.24) is 0 Å². The van der Waals surface area contributed by atoms with Crippen LogP contribution in [0, 0.1) is 18.2 Å². The molecule has 0 amide bonds. The molecule has 0 aliphatic carbocycles. The molecule has 0 spiro atoms. The number of aliphatic hydroxyl groups excluding tert-OH is 1. The van der Waals surface area contributed by atoms with Gasteiger partial charge in [-0.05, 0) is 25.0 Å². The van der Waals surface area contributed by atoms with Crippen molar-refractivity contribution >= 4 is 5.69 Å². The number of nitrogens with one attached hydrogen (secondary N) is 1. The molecule has 0 aliphatic heterocycles. The molecule has 90 valence electrons. The highest BCUT2D eigenvalue weighted by Gasteiger charge is 2.21. The summed E-state index contributed by atoms with van der Waals surface area (Å²) in [5.74, 6) is -0.239. The zero-order chi connectivity index (χ0) is 12.2. The minimum absolute atomic E-state index is 0.101. The van der Waals surface area contributed by atoms with Crippen LogP contribution in [0.2, 0.25) is 0 Å². The van der Waals surface area contributed by atoms with E-state index in [-0.39, 0.29) is 17.8 Å². The zero-order valence-electron chi connectivity index (χ0n) is 10.2. The summed E-state index contributed by atoms with van der Waals surface area (Å²) in [7, 11) is 0. The van der Waals surface area contributed by atoms with Crippen LogP contribution in [0.3, 0.4) is 0 Å². The smallest absolute Gasteiger partial charge is 0.146 e. The van der Waals surface area contributed by atoms with Crippen LogP contribution in [-0.2, 0) is 0 Å². The van der Waals surface area contributed by atoms with E-state index in [0.717, 1.165) is 12.0 Å². The Hall–Kier alpha value is -1.09. The first-order valence-electron chi connectivity index (χ1n) is 5.62. The summed E-state index contributed by atoms with van der Waals surface area (Å²) in [5.41, 5.74) is 1.22. The number of aryl methyl sites for hydroxylation is 1. The van der Waals surface area contributed by atoms with Crippen molar-refractivity contribution in [1.29, 1.82) is 0 Å². The molecule has 0 saturated carbocycles. The van der Waals surface area contributed by atoms with Crippen molar-refractivity contribution in [3.63, 3.8) is 0 Å². The fraction of sp³-hybridized carbons (Fsp3) is 0.538. The summed E-state index contributed by atoms with van der Waals surface area (Å²) < 4.78 is 13.5. The second-order valence-electron chi connectivity index (χ2n) is 4.61. The molecule has 0 heterocycles. The van der Waals surface area contributed by atoms with Gasteiger partial charge >= 0.3 is 0 Å². The molecule has 2 nitrogen and oxygen atoms in total. The first-order chi connectivity index (χ1) is 7.52. The largest absolute Gasteiger partial charge is 0.396 e. The standard InChI is InChI=1S/C13H20FNO/c1-4-13(3,9-16)8-15-12-10(2)6-5-7-11(12)14/h5-7,15-16H,4,8-9H2,1-3H3. The third-order valence-electron chi connectivity index (χ3n) is 3.15. The molecule has 1 aromatic carbocycles. The molecule has 1 atom stereocenters. The topological polar surface area (TPSA) is 32.3 Å². The lowest BCUT2D eigenvalue weighted by Gasteiger charge is -2.27. The number of hydrogen-bond acceptors (Lipinski definition) is 2. The number of anilines is 1. The van der Waals surface area contributed by atoms with Gasteiger partial charge in [0, 0.05) is 12.0 Å². The van der Waals surface area contributed by atoms with Crippen molar-refractivity contribution < 1.29 is 9.50 Å². The molecule has 0 bridgehead atoms. The highest BCUT2D eigenvalue weighted by Crippen LogP contribution is 2.24. The first-order valence-corrected chi connectivity index (χ1v) is 5.62. The number of hydrogen-bond donors (Lipinski definition) is 2. The Bertz CT molecular complexity index is 328. The zero-order valence-corrected chi connectivity index (χ0v) is 10.2.